The molecule has 2 aromatic carbocycles. The Labute approximate surface area is 164 Å². The predicted octanol–water partition coefficient (Wildman–Crippen LogP) is 4.14. The highest BCUT2D eigenvalue weighted by atomic mass is 32.2. The van der Waals surface area contributed by atoms with Crippen LogP contribution in [0.1, 0.15) is 36.2 Å². The van der Waals surface area contributed by atoms with E-state index >= 15 is 0 Å². The second kappa shape index (κ2) is 8.27. The summed E-state index contributed by atoms with van der Waals surface area (Å²) in [4.78, 5) is 16.1. The first kappa shape index (κ1) is 19.6. The van der Waals surface area contributed by atoms with Gasteiger partial charge in [-0.2, -0.15) is 0 Å². The first-order valence-electron chi connectivity index (χ1n) is 8.86. The Morgan fingerprint density at radius 2 is 1.78 bits per heavy atom. The van der Waals surface area contributed by atoms with Gasteiger partial charge in [0, 0.05) is 17.9 Å². The molecule has 7 heteroatoms. The smallest absolute Gasteiger partial charge is 0.270 e. The number of carbonyl (C=O) groups excluding carboxylic acids is 1. The van der Waals surface area contributed by atoms with Crippen molar-refractivity contribution in [1.82, 2.24) is 0 Å². The van der Waals surface area contributed by atoms with E-state index in [1.54, 1.807) is 12.1 Å². The molecule has 2 aromatic rings. The number of benzene rings is 2. The highest BCUT2D eigenvalue weighted by Gasteiger charge is 2.30. The maximum atomic E-state index is 13.4. The molecule has 1 aliphatic rings. The van der Waals surface area contributed by atoms with E-state index in [4.69, 9.17) is 0 Å². The summed E-state index contributed by atoms with van der Waals surface area (Å²) in [5.41, 5.74) is 2.19. The van der Waals surface area contributed by atoms with E-state index < -0.39 is 10.0 Å². The number of hydrogen-bond donors (Lipinski definition) is 0. The van der Waals surface area contributed by atoms with Crippen LogP contribution in [0.15, 0.2) is 58.4 Å². The summed E-state index contributed by atoms with van der Waals surface area (Å²) in [6.45, 7) is 4.13. The third kappa shape index (κ3) is 4.25. The molecule has 0 atom stereocenters. The van der Waals surface area contributed by atoms with E-state index in [1.807, 2.05) is 24.3 Å². The molecular formula is C20H22N2O3S2. The summed E-state index contributed by atoms with van der Waals surface area (Å²) in [6.07, 6.45) is 1.82. The average Bonchev–Trinajstić information content (AvgIpc) is 2.69. The number of Topliss-reactive ketones (excluding diaryl/α,β-unsaturated/α-hetero) is 1. The first-order chi connectivity index (χ1) is 12.9. The molecule has 0 aromatic heterocycles. The second-order valence-electron chi connectivity index (χ2n) is 6.24. The van der Waals surface area contributed by atoms with Crippen molar-refractivity contribution in [3.8, 4) is 0 Å². The summed E-state index contributed by atoms with van der Waals surface area (Å²) in [7, 11) is -3.85. The molecule has 0 radical (unpaired) electrons. The van der Waals surface area contributed by atoms with Gasteiger partial charge in [0.05, 0.1) is 10.6 Å². The minimum Gasteiger partial charge on any atom is -0.295 e. The minimum atomic E-state index is -3.85. The number of nitrogens with zero attached hydrogens (tertiary/aromatic N) is 2. The summed E-state index contributed by atoms with van der Waals surface area (Å²) in [5, 5.41) is 0.487. The van der Waals surface area contributed by atoms with Crippen molar-refractivity contribution in [2.45, 2.75) is 31.6 Å². The molecule has 0 fully saturated rings. The minimum absolute atomic E-state index is 0.0989. The number of hydrogen-bond acceptors (Lipinski definition) is 5. The Morgan fingerprint density at radius 3 is 2.30 bits per heavy atom. The molecule has 3 rings (SSSR count). The zero-order chi connectivity index (χ0) is 19.4. The Morgan fingerprint density at radius 1 is 1.11 bits per heavy atom. The third-order valence-corrected chi connectivity index (χ3v) is 7.24. The fourth-order valence-corrected chi connectivity index (χ4v) is 5.42. The molecule has 0 saturated carbocycles. The summed E-state index contributed by atoms with van der Waals surface area (Å²) >= 11 is 1.45. The van der Waals surface area contributed by atoms with Crippen LogP contribution in [0, 0.1) is 0 Å². The van der Waals surface area contributed by atoms with Crippen molar-refractivity contribution in [3.05, 3.63) is 59.7 Å². The molecule has 1 aliphatic heterocycles. The quantitative estimate of drug-likeness (QED) is 0.705. The van der Waals surface area contributed by atoms with Gasteiger partial charge in [0.2, 0.25) is 0 Å². The molecule has 5 nitrogen and oxygen atoms in total. The van der Waals surface area contributed by atoms with Crippen LogP contribution >= 0.6 is 11.8 Å². The Bertz CT molecular complexity index is 950. The molecule has 0 unspecified atom stereocenters. The van der Waals surface area contributed by atoms with Gasteiger partial charge in [-0.25, -0.2) is 12.7 Å². The highest BCUT2D eigenvalue weighted by Crippen LogP contribution is 2.30. The van der Waals surface area contributed by atoms with E-state index in [2.05, 4.69) is 11.9 Å². The van der Waals surface area contributed by atoms with Crippen molar-refractivity contribution in [2.75, 3.05) is 16.6 Å². The lowest BCUT2D eigenvalue weighted by Gasteiger charge is -2.27. The van der Waals surface area contributed by atoms with E-state index in [1.165, 1.54) is 35.1 Å². The summed E-state index contributed by atoms with van der Waals surface area (Å²) < 4.78 is 28.1. The fourth-order valence-electron chi connectivity index (χ4n) is 2.76. The highest BCUT2D eigenvalue weighted by molar-refractivity contribution is 8.15. The molecule has 27 heavy (non-hydrogen) atoms. The number of ketones is 1. The number of carbonyl (C=O) groups is 1. The normalized spacial score (nSPS) is 14.5. The predicted molar refractivity (Wildman–Crippen MR) is 111 cm³/mol. The van der Waals surface area contributed by atoms with Gasteiger partial charge >= 0.3 is 0 Å². The molecule has 0 aliphatic carbocycles. The van der Waals surface area contributed by atoms with Crippen LogP contribution in [0.5, 0.6) is 0 Å². The molecule has 0 bridgehead atoms. The number of thioether (sulfide) groups is 1. The maximum absolute atomic E-state index is 13.4. The standard InChI is InChI=1S/C20H22N2O3S2/c1-3-16-5-9-18(10-6-16)22(20-21-13-4-14-26-20)27(24,25)19-11-7-17(8-12-19)15(2)23/h5-12H,3-4,13-14H2,1-2H3. The number of sulfonamides is 1. The topological polar surface area (TPSA) is 66.8 Å². The Hall–Kier alpha value is -2.12. The SMILES string of the molecule is CCc1ccc(N(C2=NCCCS2)S(=O)(=O)c2ccc(C(C)=O)cc2)cc1. The number of aryl methyl sites for hydroxylation is 1. The lowest BCUT2D eigenvalue weighted by Crippen LogP contribution is -2.36. The van der Waals surface area contributed by atoms with E-state index in [9.17, 15) is 13.2 Å². The number of amidine groups is 1. The first-order valence-corrected chi connectivity index (χ1v) is 11.3. The van der Waals surface area contributed by atoms with Crippen LogP contribution in [0.25, 0.3) is 0 Å². The van der Waals surface area contributed by atoms with E-state index in [-0.39, 0.29) is 10.7 Å². The monoisotopic (exact) mass is 402 g/mol. The molecular weight excluding hydrogens is 380 g/mol. The largest absolute Gasteiger partial charge is 0.295 e. The van der Waals surface area contributed by atoms with Gasteiger partial charge in [-0.05, 0) is 49.6 Å². The van der Waals surface area contributed by atoms with Crippen LogP contribution in [0.4, 0.5) is 5.69 Å². The zero-order valence-corrected chi connectivity index (χ0v) is 17.0. The number of aliphatic imine (C=N–C) groups is 1. The Balaban J connectivity index is 2.07. The molecule has 1 heterocycles. The third-order valence-electron chi connectivity index (χ3n) is 4.33. The van der Waals surface area contributed by atoms with Crippen LogP contribution in [-0.2, 0) is 16.4 Å². The van der Waals surface area contributed by atoms with Crippen molar-refractivity contribution in [1.29, 1.82) is 0 Å². The summed E-state index contributed by atoms with van der Waals surface area (Å²) in [6, 6.07) is 13.6. The number of rotatable bonds is 5. The van der Waals surface area contributed by atoms with Gasteiger partial charge in [0.25, 0.3) is 10.0 Å². The number of anilines is 1. The second-order valence-corrected chi connectivity index (χ2v) is 9.09. The zero-order valence-electron chi connectivity index (χ0n) is 15.4. The summed E-state index contributed by atoms with van der Waals surface area (Å²) in [5.74, 6) is 0.736. The maximum Gasteiger partial charge on any atom is 0.270 e. The van der Waals surface area contributed by atoms with Gasteiger partial charge in [-0.1, -0.05) is 43.0 Å². The lowest BCUT2D eigenvalue weighted by molar-refractivity contribution is 0.101. The van der Waals surface area contributed by atoms with Gasteiger partial charge in [0.15, 0.2) is 11.0 Å². The van der Waals surface area contributed by atoms with Crippen molar-refractivity contribution < 1.29 is 13.2 Å². The van der Waals surface area contributed by atoms with Gasteiger partial charge in [-0.15, -0.1) is 0 Å². The Kier molecular flexibility index (Phi) is 6.01. The van der Waals surface area contributed by atoms with Gasteiger partial charge < -0.3 is 0 Å². The van der Waals surface area contributed by atoms with Crippen LogP contribution in [-0.4, -0.2) is 31.7 Å². The van der Waals surface area contributed by atoms with E-state index in [0.29, 0.717) is 23.0 Å². The average molecular weight is 403 g/mol. The van der Waals surface area contributed by atoms with Gasteiger partial charge in [-0.3, -0.25) is 9.79 Å². The van der Waals surface area contributed by atoms with Crippen LogP contribution in [0.2, 0.25) is 0 Å². The molecule has 0 saturated heterocycles. The fraction of sp³-hybridized carbons (Fsp3) is 0.300. The van der Waals surface area contributed by atoms with Crippen molar-refractivity contribution >= 4 is 38.4 Å². The molecule has 0 spiro atoms. The van der Waals surface area contributed by atoms with Crippen molar-refractivity contribution in [3.63, 3.8) is 0 Å². The van der Waals surface area contributed by atoms with Crippen LogP contribution < -0.4 is 4.31 Å². The van der Waals surface area contributed by atoms with E-state index in [0.717, 1.165) is 24.2 Å². The molecule has 142 valence electrons. The van der Waals surface area contributed by atoms with Crippen LogP contribution in [0.3, 0.4) is 0 Å². The molecule has 0 N–H and O–H groups in total. The molecule has 0 amide bonds. The van der Waals surface area contributed by atoms with Crippen molar-refractivity contribution in [2.24, 2.45) is 4.99 Å². The lowest BCUT2D eigenvalue weighted by atomic mass is 10.1. The van der Waals surface area contributed by atoms with Gasteiger partial charge in [0.1, 0.15) is 0 Å².